The number of nitrogens with zero attached hydrogens (tertiary/aromatic N) is 1. The predicted molar refractivity (Wildman–Crippen MR) is 36.6 cm³/mol. The Labute approximate surface area is 53.6 Å². The van der Waals surface area contributed by atoms with E-state index in [9.17, 15) is 4.79 Å². The van der Waals surface area contributed by atoms with E-state index in [2.05, 4.69) is 4.99 Å². The maximum absolute atomic E-state index is 10.6. The van der Waals surface area contributed by atoms with Crippen molar-refractivity contribution in [2.75, 3.05) is 6.54 Å². The number of hydrogen-bond acceptors (Lipinski definition) is 2. The zero-order chi connectivity index (χ0) is 6.53. The van der Waals surface area contributed by atoms with E-state index in [4.69, 9.17) is 0 Å². The lowest BCUT2D eigenvalue weighted by Gasteiger charge is -1.87. The SMILES string of the molecule is O=C1C=CC=CC=NC1. The van der Waals surface area contributed by atoms with Crippen LogP contribution in [0.4, 0.5) is 0 Å². The van der Waals surface area contributed by atoms with Crippen molar-refractivity contribution in [2.24, 2.45) is 4.99 Å². The molecule has 0 atom stereocenters. The van der Waals surface area contributed by atoms with Crippen molar-refractivity contribution in [3.63, 3.8) is 0 Å². The first kappa shape index (κ1) is 5.95. The highest BCUT2D eigenvalue weighted by molar-refractivity contribution is 5.93. The molecule has 0 amide bonds. The number of carbonyl (C=O) groups is 1. The lowest BCUT2D eigenvalue weighted by molar-refractivity contribution is -0.113. The summed E-state index contributed by atoms with van der Waals surface area (Å²) >= 11 is 0. The zero-order valence-electron chi connectivity index (χ0n) is 4.95. The molecule has 1 aliphatic heterocycles. The molecule has 0 spiro atoms. The van der Waals surface area contributed by atoms with Crippen LogP contribution < -0.4 is 0 Å². The number of rotatable bonds is 0. The number of aliphatic imine (C=N–C) groups is 1. The highest BCUT2D eigenvalue weighted by atomic mass is 16.1. The van der Waals surface area contributed by atoms with Crippen molar-refractivity contribution in [2.45, 2.75) is 0 Å². The Morgan fingerprint density at radius 3 is 3.11 bits per heavy atom. The first-order valence-electron chi connectivity index (χ1n) is 2.75. The minimum absolute atomic E-state index is 0.0515. The van der Waals surface area contributed by atoms with Crippen molar-refractivity contribution in [1.82, 2.24) is 0 Å². The van der Waals surface area contributed by atoms with E-state index in [1.165, 1.54) is 6.08 Å². The quantitative estimate of drug-likeness (QED) is 0.465. The standard InChI is InChI=1S/C7H7NO/c9-7-4-2-1-3-5-8-6-7/h1-5H,6H2. The molecule has 0 fully saturated rings. The summed E-state index contributed by atoms with van der Waals surface area (Å²) in [6.07, 6.45) is 8.44. The number of hydrogen-bond donors (Lipinski definition) is 0. The van der Waals surface area contributed by atoms with Crippen molar-refractivity contribution < 1.29 is 4.79 Å². The second kappa shape index (κ2) is 2.97. The highest BCUT2D eigenvalue weighted by Gasteiger charge is 1.90. The van der Waals surface area contributed by atoms with E-state index in [-0.39, 0.29) is 12.3 Å². The summed E-state index contributed by atoms with van der Waals surface area (Å²) < 4.78 is 0. The largest absolute Gasteiger partial charge is 0.293 e. The zero-order valence-corrected chi connectivity index (χ0v) is 4.95. The van der Waals surface area contributed by atoms with Crippen LogP contribution in [0.2, 0.25) is 0 Å². The van der Waals surface area contributed by atoms with E-state index in [0.717, 1.165) is 0 Å². The van der Waals surface area contributed by atoms with Crippen LogP contribution >= 0.6 is 0 Å². The molecular weight excluding hydrogens is 114 g/mol. The lowest BCUT2D eigenvalue weighted by atomic mass is 10.3. The Kier molecular flexibility index (Phi) is 1.96. The molecule has 0 N–H and O–H groups in total. The van der Waals surface area contributed by atoms with E-state index >= 15 is 0 Å². The molecule has 2 heteroatoms. The maximum Gasteiger partial charge on any atom is 0.177 e. The smallest absolute Gasteiger partial charge is 0.177 e. The summed E-state index contributed by atoms with van der Waals surface area (Å²) in [6, 6.07) is 0. The maximum atomic E-state index is 10.6. The van der Waals surface area contributed by atoms with Gasteiger partial charge in [-0.2, -0.15) is 0 Å². The third-order valence-corrected chi connectivity index (χ3v) is 0.943. The van der Waals surface area contributed by atoms with Crippen LogP contribution in [-0.4, -0.2) is 18.5 Å². The summed E-state index contributed by atoms with van der Waals surface area (Å²) in [5.74, 6) is 0.0515. The molecule has 0 aliphatic carbocycles. The van der Waals surface area contributed by atoms with Crippen LogP contribution in [0.25, 0.3) is 0 Å². The van der Waals surface area contributed by atoms with Gasteiger partial charge in [-0.25, -0.2) is 0 Å². The highest BCUT2D eigenvalue weighted by Crippen LogP contribution is 1.84. The Balaban J connectivity index is 2.70. The number of ketones is 1. The number of carbonyl (C=O) groups excluding carboxylic acids is 1. The van der Waals surface area contributed by atoms with Gasteiger partial charge >= 0.3 is 0 Å². The van der Waals surface area contributed by atoms with Crippen LogP contribution in [-0.2, 0) is 4.79 Å². The fourth-order valence-corrected chi connectivity index (χ4v) is 0.533. The molecule has 0 saturated carbocycles. The van der Waals surface area contributed by atoms with Crippen LogP contribution in [0.3, 0.4) is 0 Å². The molecule has 1 rings (SSSR count). The lowest BCUT2D eigenvalue weighted by Crippen LogP contribution is -1.97. The first-order valence-corrected chi connectivity index (χ1v) is 2.75. The van der Waals surface area contributed by atoms with Gasteiger partial charge in [-0.05, 0) is 12.2 Å². The topological polar surface area (TPSA) is 29.4 Å². The molecule has 2 nitrogen and oxygen atoms in total. The summed E-state index contributed by atoms with van der Waals surface area (Å²) in [6.45, 7) is 0.279. The number of allylic oxidation sites excluding steroid dienone is 3. The van der Waals surface area contributed by atoms with E-state index in [0.29, 0.717) is 0 Å². The van der Waals surface area contributed by atoms with Gasteiger partial charge in [0.05, 0.1) is 0 Å². The van der Waals surface area contributed by atoms with Crippen molar-refractivity contribution >= 4 is 12.0 Å². The van der Waals surface area contributed by atoms with Crippen LogP contribution in [0, 0.1) is 0 Å². The summed E-state index contributed by atoms with van der Waals surface area (Å²) in [5, 5.41) is 0. The van der Waals surface area contributed by atoms with Crippen LogP contribution in [0.5, 0.6) is 0 Å². The minimum Gasteiger partial charge on any atom is -0.293 e. The molecule has 0 aromatic carbocycles. The van der Waals surface area contributed by atoms with E-state index in [1.807, 2.05) is 0 Å². The van der Waals surface area contributed by atoms with Crippen molar-refractivity contribution in [3.8, 4) is 0 Å². The van der Waals surface area contributed by atoms with Gasteiger partial charge < -0.3 is 0 Å². The molecule has 46 valence electrons. The average molecular weight is 121 g/mol. The summed E-state index contributed by atoms with van der Waals surface area (Å²) in [5.41, 5.74) is 0. The van der Waals surface area contributed by atoms with Crippen molar-refractivity contribution in [1.29, 1.82) is 0 Å². The first-order chi connectivity index (χ1) is 4.39. The van der Waals surface area contributed by atoms with Crippen LogP contribution in [0.1, 0.15) is 0 Å². The Morgan fingerprint density at radius 1 is 1.33 bits per heavy atom. The second-order valence-corrected chi connectivity index (χ2v) is 1.70. The Morgan fingerprint density at radius 2 is 2.22 bits per heavy atom. The van der Waals surface area contributed by atoms with Gasteiger partial charge in [-0.1, -0.05) is 12.2 Å². The van der Waals surface area contributed by atoms with Gasteiger partial charge in [0.15, 0.2) is 5.78 Å². The minimum atomic E-state index is 0.0515. The van der Waals surface area contributed by atoms with Gasteiger partial charge in [0, 0.05) is 6.21 Å². The third-order valence-electron chi connectivity index (χ3n) is 0.943. The van der Waals surface area contributed by atoms with Crippen molar-refractivity contribution in [3.05, 3.63) is 24.3 Å². The Bertz CT molecular complexity index is 189. The van der Waals surface area contributed by atoms with Gasteiger partial charge in [-0.3, -0.25) is 9.79 Å². The molecule has 1 heterocycles. The average Bonchev–Trinajstić information content (AvgIpc) is 1.79. The monoisotopic (exact) mass is 121 g/mol. The molecule has 0 aromatic rings. The molecule has 1 aliphatic rings. The van der Waals surface area contributed by atoms with E-state index in [1.54, 1.807) is 24.4 Å². The van der Waals surface area contributed by atoms with Gasteiger partial charge in [0.25, 0.3) is 0 Å². The predicted octanol–water partition coefficient (Wildman–Crippen LogP) is 0.752. The van der Waals surface area contributed by atoms with E-state index < -0.39 is 0 Å². The molecular formula is C7H7NO. The summed E-state index contributed by atoms with van der Waals surface area (Å²) in [4.78, 5) is 14.4. The van der Waals surface area contributed by atoms with Gasteiger partial charge in [0.2, 0.25) is 0 Å². The molecule has 0 bridgehead atoms. The Hall–Kier alpha value is -1.18. The normalized spacial score (nSPS) is 17.6. The third kappa shape index (κ3) is 2.04. The second-order valence-electron chi connectivity index (χ2n) is 1.70. The molecule has 9 heavy (non-hydrogen) atoms. The molecule has 0 aromatic heterocycles. The summed E-state index contributed by atoms with van der Waals surface area (Å²) in [7, 11) is 0. The van der Waals surface area contributed by atoms with Gasteiger partial charge in [-0.15, -0.1) is 0 Å². The van der Waals surface area contributed by atoms with Gasteiger partial charge in [0.1, 0.15) is 6.54 Å². The fraction of sp³-hybridized carbons (Fsp3) is 0.143. The molecule has 0 radical (unpaired) electrons. The molecule has 0 unspecified atom stereocenters. The fourth-order valence-electron chi connectivity index (χ4n) is 0.533. The molecule has 0 saturated heterocycles. The van der Waals surface area contributed by atoms with Crippen LogP contribution in [0.15, 0.2) is 29.3 Å².